The van der Waals surface area contributed by atoms with Crippen molar-refractivity contribution in [3.63, 3.8) is 0 Å². The highest BCUT2D eigenvalue weighted by Gasteiger charge is 2.01. The summed E-state index contributed by atoms with van der Waals surface area (Å²) in [4.78, 5) is 11.9. The van der Waals surface area contributed by atoms with Gasteiger partial charge in [-0.15, -0.1) is 0 Å². The minimum Gasteiger partial charge on any atom is -0.307 e. The molecule has 0 aromatic heterocycles. The van der Waals surface area contributed by atoms with Crippen LogP contribution in [0.25, 0.3) is 0 Å². The highest BCUT2D eigenvalue weighted by atomic mass is 16.1. The zero-order chi connectivity index (χ0) is 7.28. The first-order valence-corrected chi connectivity index (χ1v) is 3.20. The molecule has 0 aromatic carbocycles. The van der Waals surface area contributed by atoms with Crippen molar-refractivity contribution in [2.24, 2.45) is 0 Å². The molecule has 0 bridgehead atoms. The van der Waals surface area contributed by atoms with Gasteiger partial charge in [0, 0.05) is 12.5 Å². The Kier molecular flexibility index (Phi) is 4.32. The van der Waals surface area contributed by atoms with Gasteiger partial charge in [-0.25, -0.2) is 0 Å². The lowest BCUT2D eigenvalue weighted by molar-refractivity contribution is 0.301. The molecule has 2 nitrogen and oxygen atoms in total. The third kappa shape index (κ3) is 4.15. The summed E-state index contributed by atoms with van der Waals surface area (Å²) in [7, 11) is 4.02. The van der Waals surface area contributed by atoms with E-state index in [4.69, 9.17) is 0 Å². The second kappa shape index (κ2) is 4.50. The second-order valence-electron chi connectivity index (χ2n) is 2.50. The monoisotopic (exact) mass is 128 g/mol. The van der Waals surface area contributed by atoms with Crippen LogP contribution in [0.1, 0.15) is 19.8 Å². The Labute approximate surface area is 56.9 Å². The molecule has 0 aromatic rings. The Morgan fingerprint density at radius 2 is 2.11 bits per heavy atom. The van der Waals surface area contributed by atoms with Gasteiger partial charge in [0.05, 0.1) is 0 Å². The van der Waals surface area contributed by atoms with Gasteiger partial charge in [-0.05, 0) is 27.4 Å². The molecule has 0 aliphatic heterocycles. The van der Waals surface area contributed by atoms with Crippen molar-refractivity contribution >= 4 is 6.29 Å². The van der Waals surface area contributed by atoms with Crippen LogP contribution in [0.15, 0.2) is 0 Å². The van der Waals surface area contributed by atoms with Gasteiger partial charge in [0.1, 0.15) is 0 Å². The quantitative estimate of drug-likeness (QED) is 0.559. The maximum absolute atomic E-state index is 9.79. The summed E-state index contributed by atoms with van der Waals surface area (Å²) in [6.07, 6.45) is 3.34. The van der Waals surface area contributed by atoms with E-state index in [0.717, 1.165) is 6.42 Å². The molecular weight excluding hydrogens is 114 g/mol. The van der Waals surface area contributed by atoms with Gasteiger partial charge < -0.3 is 4.90 Å². The van der Waals surface area contributed by atoms with Crippen LogP contribution in [0.5, 0.6) is 0 Å². The van der Waals surface area contributed by atoms with Crippen LogP contribution in [0.2, 0.25) is 0 Å². The first-order chi connectivity index (χ1) is 4.18. The van der Waals surface area contributed by atoms with Gasteiger partial charge >= 0.3 is 0 Å². The summed E-state index contributed by atoms with van der Waals surface area (Å²) in [6.45, 7) is 2.09. The summed E-state index contributed by atoms with van der Waals surface area (Å²) >= 11 is 0. The number of hydrogen-bond acceptors (Lipinski definition) is 2. The fourth-order valence-corrected chi connectivity index (χ4v) is 0.526. The molecule has 0 saturated heterocycles. The summed E-state index contributed by atoms with van der Waals surface area (Å²) in [6, 6.07) is 0.492. The van der Waals surface area contributed by atoms with Crippen LogP contribution in [0.3, 0.4) is 0 Å². The third-order valence-electron chi connectivity index (χ3n) is 1.55. The van der Waals surface area contributed by atoms with E-state index in [0.29, 0.717) is 12.5 Å². The Morgan fingerprint density at radius 3 is 2.44 bits per heavy atom. The summed E-state index contributed by atoms with van der Waals surface area (Å²) in [5, 5.41) is 0. The van der Waals surface area contributed by atoms with Crippen LogP contribution >= 0.6 is 0 Å². The molecule has 1 radical (unpaired) electrons. The molecule has 53 valence electrons. The molecule has 0 aliphatic carbocycles. The number of nitrogens with zero attached hydrogens (tertiary/aromatic N) is 1. The lowest BCUT2D eigenvalue weighted by Crippen LogP contribution is -2.24. The Morgan fingerprint density at radius 1 is 1.56 bits per heavy atom. The van der Waals surface area contributed by atoms with E-state index in [2.05, 4.69) is 11.8 Å². The first-order valence-electron chi connectivity index (χ1n) is 3.20. The smallest absolute Gasteiger partial charge is 0.198 e. The standard InChI is InChI=1S/C7H14NO/c1-7(8(2)3)5-4-6-9/h7H,4-5H2,1-3H3. The van der Waals surface area contributed by atoms with E-state index in [1.54, 1.807) is 0 Å². The number of rotatable bonds is 4. The fraction of sp³-hybridized carbons (Fsp3) is 0.857. The summed E-state index contributed by atoms with van der Waals surface area (Å²) < 4.78 is 0. The highest BCUT2D eigenvalue weighted by Crippen LogP contribution is 1.98. The average molecular weight is 128 g/mol. The topological polar surface area (TPSA) is 20.3 Å². The normalized spacial score (nSPS) is 13.8. The minimum atomic E-state index is 0.492. The second-order valence-corrected chi connectivity index (χ2v) is 2.50. The van der Waals surface area contributed by atoms with E-state index >= 15 is 0 Å². The van der Waals surface area contributed by atoms with Crippen molar-refractivity contribution in [1.82, 2.24) is 4.90 Å². The van der Waals surface area contributed by atoms with Crippen molar-refractivity contribution in [2.75, 3.05) is 14.1 Å². The van der Waals surface area contributed by atoms with E-state index in [1.807, 2.05) is 20.4 Å². The molecule has 0 spiro atoms. The first kappa shape index (κ1) is 8.63. The third-order valence-corrected chi connectivity index (χ3v) is 1.55. The SMILES string of the molecule is CC(CC[C]=O)N(C)C. The van der Waals surface area contributed by atoms with Gasteiger partial charge in [-0.2, -0.15) is 0 Å². The minimum absolute atomic E-state index is 0.492. The largest absolute Gasteiger partial charge is 0.307 e. The fourth-order valence-electron chi connectivity index (χ4n) is 0.526. The summed E-state index contributed by atoms with van der Waals surface area (Å²) in [5.74, 6) is 0. The van der Waals surface area contributed by atoms with Crippen LogP contribution in [-0.2, 0) is 4.79 Å². The predicted molar refractivity (Wildman–Crippen MR) is 38.1 cm³/mol. The van der Waals surface area contributed by atoms with Crippen LogP contribution in [0, 0.1) is 0 Å². The van der Waals surface area contributed by atoms with Crippen LogP contribution in [-0.4, -0.2) is 31.3 Å². The molecule has 0 heterocycles. The predicted octanol–water partition coefficient (Wildman–Crippen LogP) is 0.826. The zero-order valence-electron chi connectivity index (χ0n) is 6.35. The van der Waals surface area contributed by atoms with E-state index < -0.39 is 0 Å². The number of carbonyl (C=O) groups excluding carboxylic acids is 1. The van der Waals surface area contributed by atoms with Crippen molar-refractivity contribution in [3.8, 4) is 0 Å². The Balaban J connectivity index is 3.26. The van der Waals surface area contributed by atoms with Gasteiger partial charge in [-0.3, -0.25) is 4.79 Å². The number of hydrogen-bond donors (Lipinski definition) is 0. The average Bonchev–Trinajstić information content (AvgIpc) is 1.82. The van der Waals surface area contributed by atoms with Gasteiger partial charge in [-0.1, -0.05) is 0 Å². The van der Waals surface area contributed by atoms with E-state index in [-0.39, 0.29) is 0 Å². The van der Waals surface area contributed by atoms with Gasteiger partial charge in [0.15, 0.2) is 6.29 Å². The van der Waals surface area contributed by atoms with E-state index in [9.17, 15) is 4.79 Å². The van der Waals surface area contributed by atoms with Gasteiger partial charge in [0.2, 0.25) is 0 Å². The van der Waals surface area contributed by atoms with Crippen molar-refractivity contribution < 1.29 is 4.79 Å². The lowest BCUT2D eigenvalue weighted by atomic mass is 10.2. The maximum atomic E-state index is 9.79. The molecule has 1 atom stereocenters. The molecule has 0 N–H and O–H groups in total. The Bertz CT molecular complexity index is 81.0. The zero-order valence-corrected chi connectivity index (χ0v) is 6.35. The maximum Gasteiger partial charge on any atom is 0.198 e. The molecule has 2 heteroatoms. The van der Waals surface area contributed by atoms with Crippen molar-refractivity contribution in [2.45, 2.75) is 25.8 Å². The van der Waals surface area contributed by atoms with Gasteiger partial charge in [0.25, 0.3) is 0 Å². The molecule has 1 unspecified atom stereocenters. The van der Waals surface area contributed by atoms with Crippen LogP contribution in [0.4, 0.5) is 0 Å². The Hall–Kier alpha value is -0.370. The molecule has 0 aliphatic rings. The molecule has 0 rings (SSSR count). The van der Waals surface area contributed by atoms with Crippen molar-refractivity contribution in [3.05, 3.63) is 0 Å². The van der Waals surface area contributed by atoms with Crippen LogP contribution < -0.4 is 0 Å². The lowest BCUT2D eigenvalue weighted by Gasteiger charge is -2.17. The molecular formula is C7H14NO. The summed E-state index contributed by atoms with van der Waals surface area (Å²) in [5.41, 5.74) is 0. The molecule has 0 fully saturated rings. The highest BCUT2D eigenvalue weighted by molar-refractivity contribution is 5.50. The molecule has 0 amide bonds. The molecule has 9 heavy (non-hydrogen) atoms. The van der Waals surface area contributed by atoms with Crippen molar-refractivity contribution in [1.29, 1.82) is 0 Å². The molecule has 0 saturated carbocycles. The van der Waals surface area contributed by atoms with E-state index in [1.165, 1.54) is 0 Å².